The van der Waals surface area contributed by atoms with Crippen molar-refractivity contribution in [3.8, 4) is 0 Å². The third kappa shape index (κ3) is 2.85. The van der Waals surface area contributed by atoms with Gasteiger partial charge in [0.05, 0.1) is 6.42 Å². The Balaban J connectivity index is 2.64. The van der Waals surface area contributed by atoms with Crippen LogP contribution in [0.3, 0.4) is 0 Å². The van der Waals surface area contributed by atoms with E-state index in [4.69, 9.17) is 0 Å². The highest BCUT2D eigenvalue weighted by Gasteiger charge is 2.28. The van der Waals surface area contributed by atoms with Gasteiger partial charge in [-0.05, 0) is 23.4 Å². The molecule has 1 aromatic rings. The molecule has 0 aliphatic carbocycles. The first-order valence-electron chi connectivity index (χ1n) is 3.64. The van der Waals surface area contributed by atoms with E-state index in [1.807, 2.05) is 6.92 Å². The molecule has 0 nitrogen and oxygen atoms in total. The third-order valence-electron chi connectivity index (χ3n) is 1.49. The molecule has 0 aromatic carbocycles. The van der Waals surface area contributed by atoms with E-state index in [0.29, 0.717) is 4.88 Å². The van der Waals surface area contributed by atoms with Crippen molar-refractivity contribution >= 4 is 11.3 Å². The van der Waals surface area contributed by atoms with Crippen LogP contribution in [0.15, 0.2) is 11.4 Å². The highest BCUT2D eigenvalue weighted by atomic mass is 32.1. The summed E-state index contributed by atoms with van der Waals surface area (Å²) in [5.41, 5.74) is 0.985. The minimum atomic E-state index is -4.07. The minimum Gasteiger partial charge on any atom is -0.171 e. The first kappa shape index (κ1) is 9.58. The molecule has 0 spiro atoms. The molecule has 0 saturated carbocycles. The Kier molecular flexibility index (Phi) is 2.77. The Bertz CT molecular complexity index is 249. The first-order chi connectivity index (χ1) is 5.51. The van der Waals surface area contributed by atoms with Crippen LogP contribution in [0.4, 0.5) is 13.2 Å². The molecule has 0 amide bonds. The Labute approximate surface area is 73.0 Å². The van der Waals surface area contributed by atoms with E-state index < -0.39 is 12.6 Å². The fraction of sp³-hybridized carbons (Fsp3) is 0.500. The van der Waals surface area contributed by atoms with Gasteiger partial charge in [0.15, 0.2) is 0 Å². The Morgan fingerprint density at radius 3 is 2.50 bits per heavy atom. The molecule has 0 N–H and O–H groups in total. The second-order valence-electron chi connectivity index (χ2n) is 2.57. The van der Waals surface area contributed by atoms with Crippen LogP contribution in [0.25, 0.3) is 0 Å². The topological polar surface area (TPSA) is 0 Å². The van der Waals surface area contributed by atoms with Crippen LogP contribution in [0.1, 0.15) is 17.4 Å². The van der Waals surface area contributed by atoms with E-state index in [-0.39, 0.29) is 0 Å². The Morgan fingerprint density at radius 2 is 2.08 bits per heavy atom. The Morgan fingerprint density at radius 1 is 1.42 bits per heavy atom. The van der Waals surface area contributed by atoms with E-state index in [1.54, 1.807) is 11.4 Å². The molecule has 0 radical (unpaired) electrons. The summed E-state index contributed by atoms with van der Waals surface area (Å²) in [5.74, 6) is 0. The van der Waals surface area contributed by atoms with Crippen molar-refractivity contribution < 1.29 is 13.2 Å². The summed E-state index contributed by atoms with van der Waals surface area (Å²) in [7, 11) is 0. The lowest BCUT2D eigenvalue weighted by Crippen LogP contribution is -2.10. The molecular formula is C8H9F3S. The van der Waals surface area contributed by atoms with Gasteiger partial charge in [-0.15, -0.1) is 11.3 Å². The molecule has 0 aliphatic heterocycles. The molecular weight excluding hydrogens is 185 g/mol. The van der Waals surface area contributed by atoms with Gasteiger partial charge in [-0.25, -0.2) is 0 Å². The van der Waals surface area contributed by atoms with Gasteiger partial charge in [0, 0.05) is 4.88 Å². The van der Waals surface area contributed by atoms with E-state index in [1.165, 1.54) is 11.3 Å². The van der Waals surface area contributed by atoms with Crippen molar-refractivity contribution in [3.05, 3.63) is 21.9 Å². The smallest absolute Gasteiger partial charge is 0.171 e. The molecule has 1 aromatic heterocycles. The van der Waals surface area contributed by atoms with Crippen LogP contribution >= 0.6 is 11.3 Å². The molecule has 0 atom stereocenters. The normalized spacial score (nSPS) is 12.0. The summed E-state index contributed by atoms with van der Waals surface area (Å²) in [6.07, 6.45) is -4.07. The van der Waals surface area contributed by atoms with Gasteiger partial charge in [-0.2, -0.15) is 13.2 Å². The van der Waals surface area contributed by atoms with Crippen molar-refractivity contribution in [3.63, 3.8) is 0 Å². The van der Waals surface area contributed by atoms with Gasteiger partial charge >= 0.3 is 6.18 Å². The summed E-state index contributed by atoms with van der Waals surface area (Å²) >= 11 is 1.18. The van der Waals surface area contributed by atoms with E-state index in [2.05, 4.69) is 0 Å². The maximum Gasteiger partial charge on any atom is 0.393 e. The molecule has 0 saturated heterocycles. The summed E-state index contributed by atoms with van der Waals surface area (Å²) in [6, 6.07) is 1.62. The first-order valence-corrected chi connectivity index (χ1v) is 4.52. The number of halogens is 3. The van der Waals surface area contributed by atoms with Gasteiger partial charge < -0.3 is 0 Å². The average Bonchev–Trinajstić information content (AvgIpc) is 2.32. The molecule has 1 heterocycles. The Hall–Kier alpha value is -0.510. The van der Waals surface area contributed by atoms with Gasteiger partial charge in [-0.3, -0.25) is 0 Å². The zero-order valence-corrected chi connectivity index (χ0v) is 7.43. The van der Waals surface area contributed by atoms with Crippen molar-refractivity contribution in [2.75, 3.05) is 0 Å². The maximum atomic E-state index is 11.9. The largest absolute Gasteiger partial charge is 0.393 e. The third-order valence-corrected chi connectivity index (χ3v) is 2.48. The summed E-state index contributed by atoms with van der Waals surface area (Å²) in [6.45, 7) is 1.93. The van der Waals surface area contributed by atoms with Crippen LogP contribution in [0, 0.1) is 0 Å². The number of hydrogen-bond acceptors (Lipinski definition) is 1. The lowest BCUT2D eigenvalue weighted by molar-refractivity contribution is -0.126. The molecule has 4 heteroatoms. The van der Waals surface area contributed by atoms with E-state index in [9.17, 15) is 13.2 Å². The van der Waals surface area contributed by atoms with Crippen molar-refractivity contribution in [2.24, 2.45) is 0 Å². The van der Waals surface area contributed by atoms with Gasteiger partial charge in [-0.1, -0.05) is 6.92 Å². The molecule has 0 aliphatic rings. The van der Waals surface area contributed by atoms with Gasteiger partial charge in [0.1, 0.15) is 0 Å². The number of rotatable bonds is 2. The fourth-order valence-electron chi connectivity index (χ4n) is 0.902. The lowest BCUT2D eigenvalue weighted by atomic mass is 10.2. The molecule has 68 valence electrons. The zero-order valence-electron chi connectivity index (χ0n) is 6.61. The van der Waals surface area contributed by atoms with Crippen molar-refractivity contribution in [2.45, 2.75) is 25.9 Å². The van der Waals surface area contributed by atoms with Crippen LogP contribution in [0.5, 0.6) is 0 Å². The summed E-state index contributed by atoms with van der Waals surface area (Å²) < 4.78 is 35.6. The number of alkyl halides is 3. The number of thiophene rings is 1. The summed E-state index contributed by atoms with van der Waals surface area (Å²) in [5, 5.41) is 1.78. The molecule has 0 fully saturated rings. The second kappa shape index (κ2) is 3.47. The highest BCUT2D eigenvalue weighted by molar-refractivity contribution is 7.10. The molecule has 0 unspecified atom stereocenters. The summed E-state index contributed by atoms with van der Waals surface area (Å²) in [4.78, 5) is 0.402. The van der Waals surface area contributed by atoms with Crippen LogP contribution in [0.2, 0.25) is 0 Å². The maximum absolute atomic E-state index is 11.9. The van der Waals surface area contributed by atoms with Crippen LogP contribution in [-0.2, 0) is 12.8 Å². The highest BCUT2D eigenvalue weighted by Crippen LogP contribution is 2.25. The fourth-order valence-corrected chi connectivity index (χ4v) is 1.91. The standard InChI is InChI=1S/C8H9F3S/c1-2-6-3-7(12-5-6)4-8(9,10)11/h3,5H,2,4H2,1H3. The van der Waals surface area contributed by atoms with Crippen LogP contribution in [-0.4, -0.2) is 6.18 Å². The lowest BCUT2D eigenvalue weighted by Gasteiger charge is -2.02. The second-order valence-corrected chi connectivity index (χ2v) is 3.56. The van der Waals surface area contributed by atoms with E-state index in [0.717, 1.165) is 12.0 Å². The quantitative estimate of drug-likeness (QED) is 0.676. The van der Waals surface area contributed by atoms with Gasteiger partial charge in [0.25, 0.3) is 0 Å². The molecule has 0 bridgehead atoms. The van der Waals surface area contributed by atoms with E-state index >= 15 is 0 Å². The van der Waals surface area contributed by atoms with Crippen molar-refractivity contribution in [1.29, 1.82) is 0 Å². The predicted molar refractivity (Wildman–Crippen MR) is 43.5 cm³/mol. The molecule has 1 rings (SSSR count). The minimum absolute atomic E-state index is 0.402. The monoisotopic (exact) mass is 194 g/mol. The van der Waals surface area contributed by atoms with Crippen molar-refractivity contribution in [1.82, 2.24) is 0 Å². The molecule has 12 heavy (non-hydrogen) atoms. The predicted octanol–water partition coefficient (Wildman–Crippen LogP) is 3.42. The number of hydrogen-bond donors (Lipinski definition) is 0. The SMILES string of the molecule is CCc1csc(CC(F)(F)F)c1. The zero-order chi connectivity index (χ0) is 9.19. The van der Waals surface area contributed by atoms with Crippen LogP contribution < -0.4 is 0 Å². The average molecular weight is 194 g/mol. The number of aryl methyl sites for hydroxylation is 1. The van der Waals surface area contributed by atoms with Gasteiger partial charge in [0.2, 0.25) is 0 Å².